The van der Waals surface area contributed by atoms with Crippen LogP contribution in [0.15, 0.2) is 36.4 Å². The van der Waals surface area contributed by atoms with Crippen LogP contribution in [0.25, 0.3) is 0 Å². The first-order valence-electron chi connectivity index (χ1n) is 8.21. The topological polar surface area (TPSA) is 116 Å². The van der Waals surface area contributed by atoms with E-state index in [4.69, 9.17) is 4.74 Å². The monoisotopic (exact) mass is 390 g/mol. The van der Waals surface area contributed by atoms with Crippen molar-refractivity contribution in [3.05, 3.63) is 57.0 Å². The number of hydrogen-bond donors (Lipinski definition) is 1. The molecule has 0 aliphatic carbocycles. The van der Waals surface area contributed by atoms with Gasteiger partial charge in [-0.25, -0.2) is 4.79 Å². The molecule has 1 amide bonds. The number of carbonyl (C=O) groups excluding carboxylic acids is 3. The largest absolute Gasteiger partial charge is 0.450 e. The lowest BCUT2D eigenvalue weighted by molar-refractivity contribution is -0.380. The number of benzene rings is 1. The summed E-state index contributed by atoms with van der Waals surface area (Å²) in [6.45, 7) is 3.33. The van der Waals surface area contributed by atoms with Gasteiger partial charge in [0.1, 0.15) is 4.88 Å². The van der Waals surface area contributed by atoms with E-state index >= 15 is 0 Å². The minimum atomic E-state index is -1.06. The Bertz CT molecular complexity index is 859. The second-order valence-electron chi connectivity index (χ2n) is 5.68. The van der Waals surface area contributed by atoms with Crippen LogP contribution in [0.5, 0.6) is 0 Å². The number of carbonyl (C=O) groups is 3. The van der Waals surface area contributed by atoms with Gasteiger partial charge in [-0.15, -0.1) is 0 Å². The SMILES string of the molecule is CCCC(=O)Nc1ccc(C(=O)C(C)OC(=O)c2ccc([N+](=O)[O-])s2)cc1. The number of ketones is 1. The Labute approximate surface area is 159 Å². The molecule has 0 fully saturated rings. The zero-order valence-electron chi connectivity index (χ0n) is 14.8. The predicted octanol–water partition coefficient (Wildman–Crippen LogP) is 3.82. The number of nitrogens with one attached hydrogen (secondary N) is 1. The van der Waals surface area contributed by atoms with Gasteiger partial charge >= 0.3 is 11.0 Å². The maximum Gasteiger partial charge on any atom is 0.349 e. The number of amides is 1. The van der Waals surface area contributed by atoms with Gasteiger partial charge in [-0.2, -0.15) is 0 Å². The van der Waals surface area contributed by atoms with Gasteiger partial charge in [0.2, 0.25) is 11.7 Å². The van der Waals surface area contributed by atoms with Crippen molar-refractivity contribution in [3.63, 3.8) is 0 Å². The van der Waals surface area contributed by atoms with Gasteiger partial charge in [0.05, 0.1) is 4.92 Å². The molecule has 1 aromatic heterocycles. The summed E-state index contributed by atoms with van der Waals surface area (Å²) < 4.78 is 5.10. The first-order valence-corrected chi connectivity index (χ1v) is 9.02. The van der Waals surface area contributed by atoms with E-state index in [1.165, 1.54) is 31.2 Å². The number of nitrogens with zero attached hydrogens (tertiary/aromatic N) is 1. The number of rotatable bonds is 8. The molecule has 9 heteroatoms. The van der Waals surface area contributed by atoms with E-state index in [-0.39, 0.29) is 15.8 Å². The molecule has 2 aromatic rings. The molecule has 0 radical (unpaired) electrons. The standard InChI is InChI=1S/C18H18N2O6S/c1-3-4-15(21)19-13-7-5-12(6-8-13)17(22)11(2)26-18(23)14-9-10-16(27-14)20(24)25/h5-11H,3-4H2,1-2H3,(H,19,21). The number of ether oxygens (including phenoxy) is 1. The van der Waals surface area contributed by atoms with Gasteiger partial charge in [0, 0.05) is 23.7 Å². The van der Waals surface area contributed by atoms with Gasteiger partial charge < -0.3 is 10.1 Å². The molecule has 0 bridgehead atoms. The highest BCUT2D eigenvalue weighted by Gasteiger charge is 2.23. The number of Topliss-reactive ketones (excluding diaryl/α,β-unsaturated/α-hetero) is 1. The normalized spacial score (nSPS) is 11.5. The summed E-state index contributed by atoms with van der Waals surface area (Å²) in [4.78, 5) is 46.1. The molecule has 1 unspecified atom stereocenters. The van der Waals surface area contributed by atoms with Crippen LogP contribution in [0.3, 0.4) is 0 Å². The molecule has 0 spiro atoms. The van der Waals surface area contributed by atoms with E-state index in [1.54, 1.807) is 12.1 Å². The van der Waals surface area contributed by atoms with Crippen molar-refractivity contribution in [3.8, 4) is 0 Å². The van der Waals surface area contributed by atoms with E-state index in [0.717, 1.165) is 6.42 Å². The maximum atomic E-state index is 12.4. The smallest absolute Gasteiger partial charge is 0.349 e. The molecular formula is C18H18N2O6S. The van der Waals surface area contributed by atoms with Crippen LogP contribution in [-0.2, 0) is 9.53 Å². The molecule has 1 N–H and O–H groups in total. The number of esters is 1. The van der Waals surface area contributed by atoms with Crippen LogP contribution in [0.4, 0.5) is 10.7 Å². The fraction of sp³-hybridized carbons (Fsp3) is 0.278. The molecule has 1 atom stereocenters. The molecule has 0 saturated carbocycles. The summed E-state index contributed by atoms with van der Waals surface area (Å²) in [5.74, 6) is -1.32. The minimum absolute atomic E-state index is 0.0512. The first kappa shape index (κ1) is 20.2. The second kappa shape index (κ2) is 9.04. The third-order valence-corrected chi connectivity index (χ3v) is 4.57. The average Bonchev–Trinajstić information content (AvgIpc) is 3.12. The predicted molar refractivity (Wildman–Crippen MR) is 100 cm³/mol. The Morgan fingerprint density at radius 1 is 1.19 bits per heavy atom. The highest BCUT2D eigenvalue weighted by Crippen LogP contribution is 2.25. The summed E-state index contributed by atoms with van der Waals surface area (Å²) in [6, 6.07) is 8.75. The Morgan fingerprint density at radius 3 is 2.41 bits per heavy atom. The Hall–Kier alpha value is -3.07. The van der Waals surface area contributed by atoms with Crippen molar-refractivity contribution < 1.29 is 24.0 Å². The van der Waals surface area contributed by atoms with Gasteiger partial charge in [-0.1, -0.05) is 18.3 Å². The molecule has 142 valence electrons. The zero-order valence-corrected chi connectivity index (χ0v) is 15.6. The highest BCUT2D eigenvalue weighted by atomic mass is 32.1. The summed E-state index contributed by atoms with van der Waals surface area (Å²) in [7, 11) is 0. The average molecular weight is 390 g/mol. The molecular weight excluding hydrogens is 372 g/mol. The Balaban J connectivity index is 1.98. The lowest BCUT2D eigenvalue weighted by Gasteiger charge is -2.12. The lowest BCUT2D eigenvalue weighted by Crippen LogP contribution is -2.24. The fourth-order valence-corrected chi connectivity index (χ4v) is 2.91. The van der Waals surface area contributed by atoms with Crippen LogP contribution < -0.4 is 5.32 Å². The van der Waals surface area contributed by atoms with Crippen LogP contribution in [0.2, 0.25) is 0 Å². The molecule has 1 aromatic carbocycles. The third-order valence-electron chi connectivity index (χ3n) is 3.56. The Morgan fingerprint density at radius 2 is 1.85 bits per heavy atom. The second-order valence-corrected chi connectivity index (χ2v) is 6.74. The van der Waals surface area contributed by atoms with Crippen LogP contribution in [0.1, 0.15) is 46.7 Å². The van der Waals surface area contributed by atoms with Crippen molar-refractivity contribution in [2.75, 3.05) is 5.32 Å². The van der Waals surface area contributed by atoms with Crippen LogP contribution in [-0.4, -0.2) is 28.7 Å². The number of hydrogen-bond acceptors (Lipinski definition) is 7. The molecule has 0 aliphatic rings. The quantitative estimate of drug-likeness (QED) is 0.317. The zero-order chi connectivity index (χ0) is 20.0. The number of nitro groups is 1. The lowest BCUT2D eigenvalue weighted by atomic mass is 10.1. The summed E-state index contributed by atoms with van der Waals surface area (Å²) >= 11 is 0.685. The molecule has 8 nitrogen and oxygen atoms in total. The van der Waals surface area contributed by atoms with Gasteiger partial charge in [-0.3, -0.25) is 19.7 Å². The maximum absolute atomic E-state index is 12.4. The van der Waals surface area contributed by atoms with E-state index in [9.17, 15) is 24.5 Å². The molecule has 2 rings (SSSR count). The van der Waals surface area contributed by atoms with E-state index in [2.05, 4.69) is 5.32 Å². The van der Waals surface area contributed by atoms with Crippen molar-refractivity contribution in [2.24, 2.45) is 0 Å². The summed E-state index contributed by atoms with van der Waals surface area (Å²) in [5, 5.41) is 13.2. The third kappa shape index (κ3) is 5.45. The van der Waals surface area contributed by atoms with Gasteiger partial charge in [0.15, 0.2) is 6.10 Å². The van der Waals surface area contributed by atoms with Crippen LogP contribution >= 0.6 is 11.3 Å². The molecule has 27 heavy (non-hydrogen) atoms. The highest BCUT2D eigenvalue weighted by molar-refractivity contribution is 7.17. The summed E-state index contributed by atoms with van der Waals surface area (Å²) in [6.07, 6.45) is 0.0898. The number of thiophene rings is 1. The summed E-state index contributed by atoms with van der Waals surface area (Å²) in [5.41, 5.74) is 0.890. The molecule has 0 saturated heterocycles. The van der Waals surface area contributed by atoms with Crippen molar-refractivity contribution in [1.82, 2.24) is 0 Å². The van der Waals surface area contributed by atoms with Crippen molar-refractivity contribution in [1.29, 1.82) is 0 Å². The van der Waals surface area contributed by atoms with E-state index in [0.29, 0.717) is 29.0 Å². The number of anilines is 1. The van der Waals surface area contributed by atoms with Crippen LogP contribution in [0, 0.1) is 10.1 Å². The first-order chi connectivity index (χ1) is 12.8. The fourth-order valence-electron chi connectivity index (χ4n) is 2.21. The van der Waals surface area contributed by atoms with E-state index < -0.39 is 22.8 Å². The minimum Gasteiger partial charge on any atom is -0.450 e. The Kier molecular flexibility index (Phi) is 6.78. The van der Waals surface area contributed by atoms with Gasteiger partial charge in [-0.05, 0) is 43.7 Å². The molecule has 0 aliphatic heterocycles. The molecule has 1 heterocycles. The van der Waals surface area contributed by atoms with Gasteiger partial charge in [0.25, 0.3) is 0 Å². The van der Waals surface area contributed by atoms with Crippen molar-refractivity contribution >= 4 is 39.7 Å². The van der Waals surface area contributed by atoms with Crippen molar-refractivity contribution in [2.45, 2.75) is 32.8 Å². The van der Waals surface area contributed by atoms with E-state index in [1.807, 2.05) is 6.92 Å².